The minimum absolute atomic E-state index is 0.770. The van der Waals surface area contributed by atoms with Gasteiger partial charge in [0.1, 0.15) is 17.1 Å². The minimum atomic E-state index is -0.995. The van der Waals surface area contributed by atoms with Gasteiger partial charge in [0.2, 0.25) is 0 Å². The summed E-state index contributed by atoms with van der Waals surface area (Å²) in [6, 6.07) is 14.3. The van der Waals surface area contributed by atoms with Crippen LogP contribution in [0.2, 0.25) is 0 Å². The number of rotatable bonds is 2. The van der Waals surface area contributed by atoms with Gasteiger partial charge in [0.25, 0.3) is 0 Å². The summed E-state index contributed by atoms with van der Waals surface area (Å²) in [6.07, 6.45) is 1.14. The van der Waals surface area contributed by atoms with E-state index in [9.17, 15) is 5.11 Å². The highest BCUT2D eigenvalue weighted by Crippen LogP contribution is 2.32. The third-order valence-electron chi connectivity index (χ3n) is 5.91. The Morgan fingerprint density at radius 3 is 2.59 bits per heavy atom. The van der Waals surface area contributed by atoms with E-state index in [1.807, 2.05) is 38.1 Å². The number of pyridine rings is 2. The maximum Gasteiger partial charge on any atom is 0.148 e. The van der Waals surface area contributed by atoms with E-state index in [-0.39, 0.29) is 0 Å². The number of imidazole rings is 1. The van der Waals surface area contributed by atoms with E-state index < -0.39 is 5.60 Å². The molecular weight excluding hydrogens is 362 g/mol. The number of fused-ring (bicyclic) bond motifs is 5. The highest BCUT2D eigenvalue weighted by molar-refractivity contribution is 5.91. The molecule has 3 aromatic heterocycles. The van der Waals surface area contributed by atoms with E-state index in [1.165, 1.54) is 0 Å². The van der Waals surface area contributed by atoms with Gasteiger partial charge in [-0.15, -0.1) is 0 Å². The molecule has 1 N–H and O–H groups in total. The zero-order chi connectivity index (χ0) is 20.2. The summed E-state index contributed by atoms with van der Waals surface area (Å²) in [4.78, 5) is 14.7. The zero-order valence-corrected chi connectivity index (χ0v) is 17.3. The first-order chi connectivity index (χ1) is 13.9. The molecule has 4 heterocycles. The molecule has 5 rings (SSSR count). The van der Waals surface area contributed by atoms with Crippen LogP contribution in [0.25, 0.3) is 27.7 Å². The van der Waals surface area contributed by atoms with Gasteiger partial charge in [-0.2, -0.15) is 0 Å². The Bertz CT molecular complexity index is 1210. The van der Waals surface area contributed by atoms with E-state index >= 15 is 0 Å². The lowest BCUT2D eigenvalue weighted by Gasteiger charge is -2.23. The average Bonchev–Trinajstić information content (AvgIpc) is 2.95. The number of anilines is 1. The number of hydrogen-bond acceptors (Lipinski definition) is 5. The Morgan fingerprint density at radius 2 is 1.76 bits per heavy atom. The molecule has 0 radical (unpaired) electrons. The Labute approximate surface area is 170 Å². The standard InChI is InChI=1S/C23H27N5O/c1-23(2,29)17-15-16-9-10-20(27-12-6-11-26(3)13-14-27)25-21(16)28-19-8-5-4-7-18(19)24-22(17)28/h4-5,7-10,15,29H,6,11-14H2,1-3H3. The number of aliphatic hydroxyl groups is 1. The number of nitrogens with zero attached hydrogens (tertiary/aromatic N) is 5. The van der Waals surface area contributed by atoms with Crippen LogP contribution < -0.4 is 4.90 Å². The Balaban J connectivity index is 1.78. The number of para-hydroxylation sites is 2. The van der Waals surface area contributed by atoms with Gasteiger partial charge in [0, 0.05) is 30.6 Å². The lowest BCUT2D eigenvalue weighted by atomic mass is 9.98. The van der Waals surface area contributed by atoms with Crippen LogP contribution in [0.5, 0.6) is 0 Å². The maximum absolute atomic E-state index is 10.8. The molecule has 0 aliphatic carbocycles. The first-order valence-electron chi connectivity index (χ1n) is 10.3. The first-order valence-corrected chi connectivity index (χ1v) is 10.3. The number of likely N-dealkylation sites (N-methyl/N-ethyl adjacent to an activating group) is 1. The highest BCUT2D eigenvalue weighted by Gasteiger charge is 2.24. The van der Waals surface area contributed by atoms with Crippen molar-refractivity contribution in [2.45, 2.75) is 25.9 Å². The fourth-order valence-corrected chi connectivity index (χ4v) is 4.28. The molecule has 0 saturated carbocycles. The van der Waals surface area contributed by atoms with Crippen LogP contribution in [0.4, 0.5) is 5.82 Å². The molecular formula is C23H27N5O. The third kappa shape index (κ3) is 3.12. The van der Waals surface area contributed by atoms with E-state index in [0.717, 1.165) is 71.7 Å². The van der Waals surface area contributed by atoms with Crippen molar-refractivity contribution in [3.8, 4) is 0 Å². The molecule has 1 aromatic carbocycles. The zero-order valence-electron chi connectivity index (χ0n) is 17.3. The molecule has 1 saturated heterocycles. The van der Waals surface area contributed by atoms with Crippen LogP contribution in [0.3, 0.4) is 0 Å². The second-order valence-corrected chi connectivity index (χ2v) is 8.60. The van der Waals surface area contributed by atoms with Crippen molar-refractivity contribution in [1.82, 2.24) is 19.3 Å². The van der Waals surface area contributed by atoms with Gasteiger partial charge in [-0.1, -0.05) is 12.1 Å². The van der Waals surface area contributed by atoms with Gasteiger partial charge in [-0.05, 0) is 64.2 Å². The lowest BCUT2D eigenvalue weighted by Crippen LogP contribution is -2.29. The van der Waals surface area contributed by atoms with Crippen molar-refractivity contribution < 1.29 is 5.11 Å². The Kier molecular flexibility index (Phi) is 4.22. The SMILES string of the molecule is CN1CCCN(c2ccc3cc(C(C)(C)O)c4nc5ccccc5n4c3n2)CC1. The van der Waals surface area contributed by atoms with Gasteiger partial charge in [0.05, 0.1) is 16.6 Å². The summed E-state index contributed by atoms with van der Waals surface area (Å²) in [7, 11) is 2.18. The summed E-state index contributed by atoms with van der Waals surface area (Å²) in [5, 5.41) is 11.8. The average molecular weight is 390 g/mol. The highest BCUT2D eigenvalue weighted by atomic mass is 16.3. The van der Waals surface area contributed by atoms with Crippen molar-refractivity contribution in [1.29, 1.82) is 0 Å². The van der Waals surface area contributed by atoms with Crippen molar-refractivity contribution >= 4 is 33.5 Å². The normalized spacial score (nSPS) is 16.8. The van der Waals surface area contributed by atoms with Crippen LogP contribution in [-0.2, 0) is 5.60 Å². The molecule has 29 heavy (non-hydrogen) atoms. The fraction of sp³-hybridized carbons (Fsp3) is 0.391. The summed E-state index contributed by atoms with van der Waals surface area (Å²) in [6.45, 7) is 7.77. The van der Waals surface area contributed by atoms with Crippen molar-refractivity contribution in [3.05, 3.63) is 48.0 Å². The van der Waals surface area contributed by atoms with E-state index in [0.29, 0.717) is 0 Å². The number of aromatic nitrogens is 3. The monoisotopic (exact) mass is 389 g/mol. The van der Waals surface area contributed by atoms with Gasteiger partial charge in [-0.3, -0.25) is 4.40 Å². The van der Waals surface area contributed by atoms with Crippen LogP contribution in [0.15, 0.2) is 42.5 Å². The predicted octanol–water partition coefficient (Wildman–Crippen LogP) is 3.41. The molecule has 6 nitrogen and oxygen atoms in total. The number of benzene rings is 1. The predicted molar refractivity (Wildman–Crippen MR) is 118 cm³/mol. The van der Waals surface area contributed by atoms with Crippen molar-refractivity contribution in [2.75, 3.05) is 38.1 Å². The topological polar surface area (TPSA) is 56.9 Å². The van der Waals surface area contributed by atoms with Crippen LogP contribution in [0, 0.1) is 0 Å². The van der Waals surface area contributed by atoms with Crippen LogP contribution in [0.1, 0.15) is 25.8 Å². The van der Waals surface area contributed by atoms with E-state index in [4.69, 9.17) is 9.97 Å². The van der Waals surface area contributed by atoms with E-state index in [1.54, 1.807) is 0 Å². The molecule has 4 aromatic rings. The Morgan fingerprint density at radius 1 is 0.931 bits per heavy atom. The van der Waals surface area contributed by atoms with Gasteiger partial charge in [0.15, 0.2) is 0 Å². The van der Waals surface area contributed by atoms with Crippen molar-refractivity contribution in [2.24, 2.45) is 0 Å². The lowest BCUT2D eigenvalue weighted by molar-refractivity contribution is 0.0798. The Hall–Kier alpha value is -2.70. The second-order valence-electron chi connectivity index (χ2n) is 8.60. The minimum Gasteiger partial charge on any atom is -0.386 e. The molecule has 6 heteroatoms. The molecule has 0 amide bonds. The quantitative estimate of drug-likeness (QED) is 0.569. The fourth-order valence-electron chi connectivity index (χ4n) is 4.28. The first kappa shape index (κ1) is 18.3. The molecule has 0 bridgehead atoms. The summed E-state index contributed by atoms with van der Waals surface area (Å²) in [5.74, 6) is 1.00. The van der Waals surface area contributed by atoms with Gasteiger partial charge < -0.3 is 14.9 Å². The molecule has 0 unspecified atom stereocenters. The van der Waals surface area contributed by atoms with Gasteiger partial charge in [-0.25, -0.2) is 9.97 Å². The molecule has 150 valence electrons. The molecule has 0 atom stereocenters. The van der Waals surface area contributed by atoms with E-state index in [2.05, 4.69) is 39.4 Å². The summed E-state index contributed by atoms with van der Waals surface area (Å²) < 4.78 is 2.10. The molecule has 0 spiro atoms. The van der Waals surface area contributed by atoms with Gasteiger partial charge >= 0.3 is 0 Å². The summed E-state index contributed by atoms with van der Waals surface area (Å²) in [5.41, 5.74) is 3.40. The van der Waals surface area contributed by atoms with Crippen molar-refractivity contribution in [3.63, 3.8) is 0 Å². The number of hydrogen-bond donors (Lipinski definition) is 1. The largest absolute Gasteiger partial charge is 0.386 e. The molecule has 1 fully saturated rings. The smallest absolute Gasteiger partial charge is 0.148 e. The maximum atomic E-state index is 10.8. The third-order valence-corrected chi connectivity index (χ3v) is 5.91. The summed E-state index contributed by atoms with van der Waals surface area (Å²) >= 11 is 0. The van der Waals surface area contributed by atoms with Crippen LogP contribution in [-0.4, -0.2) is 57.6 Å². The molecule has 1 aliphatic heterocycles. The van der Waals surface area contributed by atoms with Crippen LogP contribution >= 0.6 is 0 Å². The molecule has 1 aliphatic rings. The second kappa shape index (κ2) is 6.68.